The fourth-order valence-electron chi connectivity index (χ4n) is 1.45. The standard InChI is InChI=1S/C10H17NO2/c1-7-4-9(7)6-11(3)10(13)5-8(2)12/h7,9H,4-6H2,1-3H3. The molecule has 1 aliphatic carbocycles. The number of carbonyl (C=O) groups excluding carboxylic acids is 2. The molecule has 0 aromatic carbocycles. The first-order valence-electron chi connectivity index (χ1n) is 4.74. The Morgan fingerprint density at radius 1 is 1.46 bits per heavy atom. The van der Waals surface area contributed by atoms with Gasteiger partial charge in [0.25, 0.3) is 0 Å². The molecule has 0 N–H and O–H groups in total. The van der Waals surface area contributed by atoms with E-state index in [0.717, 1.165) is 12.5 Å². The van der Waals surface area contributed by atoms with Crippen LogP contribution in [0.5, 0.6) is 0 Å². The van der Waals surface area contributed by atoms with Crippen LogP contribution in [-0.2, 0) is 9.59 Å². The largest absolute Gasteiger partial charge is 0.345 e. The second kappa shape index (κ2) is 3.90. The minimum absolute atomic E-state index is 0.0494. The number of hydrogen-bond donors (Lipinski definition) is 0. The van der Waals surface area contributed by atoms with Gasteiger partial charge in [0.15, 0.2) is 0 Å². The van der Waals surface area contributed by atoms with Crippen LogP contribution in [0, 0.1) is 11.8 Å². The maximum absolute atomic E-state index is 11.3. The van der Waals surface area contributed by atoms with Crippen molar-refractivity contribution in [3.63, 3.8) is 0 Å². The molecule has 0 heterocycles. The zero-order valence-corrected chi connectivity index (χ0v) is 8.54. The van der Waals surface area contributed by atoms with Gasteiger partial charge in [-0.1, -0.05) is 6.92 Å². The molecular formula is C10H17NO2. The van der Waals surface area contributed by atoms with E-state index in [4.69, 9.17) is 0 Å². The molecule has 74 valence electrons. The minimum atomic E-state index is -0.0549. The maximum atomic E-state index is 11.3. The second-order valence-electron chi connectivity index (χ2n) is 4.13. The molecule has 1 fully saturated rings. The molecule has 0 radical (unpaired) electrons. The Morgan fingerprint density at radius 3 is 2.38 bits per heavy atom. The number of rotatable bonds is 4. The first-order chi connectivity index (χ1) is 6.00. The average molecular weight is 183 g/mol. The van der Waals surface area contributed by atoms with E-state index in [1.807, 2.05) is 0 Å². The van der Waals surface area contributed by atoms with E-state index in [0.29, 0.717) is 5.92 Å². The zero-order valence-electron chi connectivity index (χ0n) is 8.54. The number of carbonyl (C=O) groups is 2. The predicted molar refractivity (Wildman–Crippen MR) is 50.2 cm³/mol. The minimum Gasteiger partial charge on any atom is -0.345 e. The third-order valence-corrected chi connectivity index (χ3v) is 2.61. The SMILES string of the molecule is CC(=O)CC(=O)N(C)CC1CC1C. The summed E-state index contributed by atoms with van der Waals surface area (Å²) in [5.41, 5.74) is 0. The van der Waals surface area contributed by atoms with Crippen molar-refractivity contribution in [2.24, 2.45) is 11.8 Å². The van der Waals surface area contributed by atoms with Crippen molar-refractivity contribution in [1.82, 2.24) is 4.90 Å². The Hall–Kier alpha value is -0.860. The van der Waals surface area contributed by atoms with Gasteiger partial charge in [-0.05, 0) is 25.2 Å². The topological polar surface area (TPSA) is 37.4 Å². The van der Waals surface area contributed by atoms with Crippen LogP contribution < -0.4 is 0 Å². The summed E-state index contributed by atoms with van der Waals surface area (Å²) >= 11 is 0. The molecule has 0 aromatic rings. The molecule has 0 aromatic heterocycles. The molecule has 2 atom stereocenters. The lowest BCUT2D eigenvalue weighted by Gasteiger charge is -2.15. The number of nitrogens with zero attached hydrogens (tertiary/aromatic N) is 1. The monoisotopic (exact) mass is 183 g/mol. The van der Waals surface area contributed by atoms with Gasteiger partial charge in [-0.3, -0.25) is 9.59 Å². The van der Waals surface area contributed by atoms with Gasteiger partial charge in [-0.15, -0.1) is 0 Å². The van der Waals surface area contributed by atoms with E-state index in [9.17, 15) is 9.59 Å². The van der Waals surface area contributed by atoms with Gasteiger partial charge in [0.05, 0.1) is 6.42 Å². The number of amides is 1. The number of Topliss-reactive ketones (excluding diaryl/α,β-unsaturated/α-hetero) is 1. The Balaban J connectivity index is 2.26. The lowest BCUT2D eigenvalue weighted by molar-refractivity contribution is -0.133. The molecule has 0 saturated heterocycles. The van der Waals surface area contributed by atoms with E-state index in [-0.39, 0.29) is 18.1 Å². The van der Waals surface area contributed by atoms with E-state index in [1.54, 1.807) is 11.9 Å². The molecule has 1 rings (SSSR count). The van der Waals surface area contributed by atoms with E-state index >= 15 is 0 Å². The van der Waals surface area contributed by atoms with Crippen LogP contribution in [0.2, 0.25) is 0 Å². The van der Waals surface area contributed by atoms with Gasteiger partial charge in [0, 0.05) is 13.6 Å². The highest BCUT2D eigenvalue weighted by Gasteiger charge is 2.34. The summed E-state index contributed by atoms with van der Waals surface area (Å²) in [7, 11) is 1.77. The van der Waals surface area contributed by atoms with Crippen LogP contribution >= 0.6 is 0 Å². The number of hydrogen-bond acceptors (Lipinski definition) is 2. The highest BCUT2D eigenvalue weighted by molar-refractivity contribution is 5.96. The molecule has 0 bridgehead atoms. The van der Waals surface area contributed by atoms with Gasteiger partial charge in [-0.25, -0.2) is 0 Å². The van der Waals surface area contributed by atoms with Crippen LogP contribution in [0.25, 0.3) is 0 Å². The summed E-state index contributed by atoms with van der Waals surface area (Å²) in [6.07, 6.45) is 1.27. The first kappa shape index (κ1) is 10.2. The normalized spacial score (nSPS) is 25.5. The van der Waals surface area contributed by atoms with E-state index < -0.39 is 0 Å². The van der Waals surface area contributed by atoms with Gasteiger partial charge >= 0.3 is 0 Å². The van der Waals surface area contributed by atoms with E-state index in [1.165, 1.54) is 13.3 Å². The summed E-state index contributed by atoms with van der Waals surface area (Å²) in [5.74, 6) is 1.32. The molecule has 3 nitrogen and oxygen atoms in total. The van der Waals surface area contributed by atoms with Crippen molar-refractivity contribution in [2.45, 2.75) is 26.7 Å². The van der Waals surface area contributed by atoms with Gasteiger partial charge < -0.3 is 4.90 Å². The highest BCUT2D eigenvalue weighted by atomic mass is 16.2. The van der Waals surface area contributed by atoms with Crippen LogP contribution in [-0.4, -0.2) is 30.2 Å². The lowest BCUT2D eigenvalue weighted by Crippen LogP contribution is -2.30. The van der Waals surface area contributed by atoms with E-state index in [2.05, 4.69) is 6.92 Å². The van der Waals surface area contributed by atoms with Crippen LogP contribution in [0.1, 0.15) is 26.7 Å². The fraction of sp³-hybridized carbons (Fsp3) is 0.800. The third kappa shape index (κ3) is 3.17. The molecule has 0 spiro atoms. The lowest BCUT2D eigenvalue weighted by atomic mass is 10.2. The molecule has 2 unspecified atom stereocenters. The molecule has 1 aliphatic rings. The summed E-state index contributed by atoms with van der Waals surface area (Å²) in [6, 6.07) is 0. The van der Waals surface area contributed by atoms with Crippen LogP contribution in [0.3, 0.4) is 0 Å². The summed E-state index contributed by atoms with van der Waals surface area (Å²) < 4.78 is 0. The van der Waals surface area contributed by atoms with Gasteiger partial charge in [-0.2, -0.15) is 0 Å². The molecule has 13 heavy (non-hydrogen) atoms. The Bertz CT molecular complexity index is 225. The molecule has 0 aliphatic heterocycles. The number of ketones is 1. The van der Waals surface area contributed by atoms with Crippen molar-refractivity contribution in [3.8, 4) is 0 Å². The second-order valence-corrected chi connectivity index (χ2v) is 4.13. The smallest absolute Gasteiger partial charge is 0.229 e. The van der Waals surface area contributed by atoms with Crippen molar-refractivity contribution < 1.29 is 9.59 Å². The predicted octanol–water partition coefficient (Wildman–Crippen LogP) is 1.08. The first-order valence-corrected chi connectivity index (χ1v) is 4.74. The Kier molecular flexibility index (Phi) is 3.07. The quantitative estimate of drug-likeness (QED) is 0.612. The van der Waals surface area contributed by atoms with Gasteiger partial charge in [0.1, 0.15) is 5.78 Å². The summed E-state index contributed by atoms with van der Waals surface area (Å²) in [6.45, 7) is 4.45. The van der Waals surface area contributed by atoms with Gasteiger partial charge in [0.2, 0.25) is 5.91 Å². The average Bonchev–Trinajstić information content (AvgIpc) is 2.64. The molecule has 1 amide bonds. The van der Waals surface area contributed by atoms with Crippen LogP contribution in [0.15, 0.2) is 0 Å². The van der Waals surface area contributed by atoms with Crippen molar-refractivity contribution in [1.29, 1.82) is 0 Å². The summed E-state index contributed by atoms with van der Waals surface area (Å²) in [5, 5.41) is 0. The summed E-state index contributed by atoms with van der Waals surface area (Å²) in [4.78, 5) is 23.7. The van der Waals surface area contributed by atoms with Crippen LogP contribution in [0.4, 0.5) is 0 Å². The molecule has 1 saturated carbocycles. The highest BCUT2D eigenvalue weighted by Crippen LogP contribution is 2.37. The maximum Gasteiger partial charge on any atom is 0.229 e. The van der Waals surface area contributed by atoms with Crippen molar-refractivity contribution in [3.05, 3.63) is 0 Å². The third-order valence-electron chi connectivity index (χ3n) is 2.61. The van der Waals surface area contributed by atoms with Crippen molar-refractivity contribution in [2.75, 3.05) is 13.6 Å². The Morgan fingerprint density at radius 2 is 2.00 bits per heavy atom. The molecule has 3 heteroatoms. The fourth-order valence-corrected chi connectivity index (χ4v) is 1.45. The Labute approximate surface area is 79.1 Å². The van der Waals surface area contributed by atoms with Crippen molar-refractivity contribution >= 4 is 11.7 Å². The zero-order chi connectivity index (χ0) is 10.0. The molecular weight excluding hydrogens is 166 g/mol.